The van der Waals surface area contributed by atoms with Crippen LogP contribution in [0.15, 0.2) is 53.1 Å². The average Bonchev–Trinajstić information content (AvgIpc) is 2.83. The molecule has 32 heavy (non-hydrogen) atoms. The number of carbonyl (C=O) groups is 1. The van der Waals surface area contributed by atoms with Gasteiger partial charge in [0.2, 0.25) is 5.91 Å². The highest BCUT2D eigenvalue weighted by Crippen LogP contribution is 2.24. The van der Waals surface area contributed by atoms with Crippen molar-refractivity contribution in [2.45, 2.75) is 32.6 Å². The van der Waals surface area contributed by atoms with Gasteiger partial charge >= 0.3 is 0 Å². The molecule has 170 valence electrons. The van der Waals surface area contributed by atoms with Crippen LogP contribution in [0, 0.1) is 0 Å². The highest BCUT2D eigenvalue weighted by atomic mass is 35.5. The van der Waals surface area contributed by atoms with Crippen LogP contribution >= 0.6 is 11.6 Å². The van der Waals surface area contributed by atoms with Crippen molar-refractivity contribution >= 4 is 23.2 Å². The van der Waals surface area contributed by atoms with Crippen molar-refractivity contribution in [3.8, 4) is 5.69 Å². The maximum atomic E-state index is 12.9. The third-order valence-corrected chi connectivity index (χ3v) is 6.56. The van der Waals surface area contributed by atoms with E-state index in [-0.39, 0.29) is 16.5 Å². The Morgan fingerprint density at radius 1 is 1.12 bits per heavy atom. The summed E-state index contributed by atoms with van der Waals surface area (Å²) in [5.41, 5.74) is 2.19. The fourth-order valence-electron chi connectivity index (χ4n) is 4.43. The molecule has 0 saturated carbocycles. The lowest BCUT2D eigenvalue weighted by molar-refractivity contribution is -0.130. The lowest BCUT2D eigenvalue weighted by Gasteiger charge is -2.37. The summed E-state index contributed by atoms with van der Waals surface area (Å²) in [5.74, 6) is 0.166. The number of halogens is 1. The molecule has 1 fully saturated rings. The molecular formula is C24H30ClN5O2. The van der Waals surface area contributed by atoms with Crippen molar-refractivity contribution in [3.05, 3.63) is 63.7 Å². The molecule has 0 spiro atoms. The molecule has 0 N–H and O–H groups in total. The number of anilines is 1. The average molecular weight is 456 g/mol. The van der Waals surface area contributed by atoms with Gasteiger partial charge in [-0.05, 0) is 44.7 Å². The van der Waals surface area contributed by atoms with Gasteiger partial charge in [0.15, 0.2) is 0 Å². The molecule has 1 amide bonds. The Labute approximate surface area is 193 Å². The molecule has 8 heteroatoms. The smallest absolute Gasteiger partial charge is 0.292 e. The number of amides is 1. The van der Waals surface area contributed by atoms with E-state index in [1.807, 2.05) is 42.2 Å². The van der Waals surface area contributed by atoms with Gasteiger partial charge in [-0.3, -0.25) is 14.5 Å². The highest BCUT2D eigenvalue weighted by Gasteiger charge is 2.25. The van der Waals surface area contributed by atoms with Gasteiger partial charge in [-0.15, -0.1) is 0 Å². The lowest BCUT2D eigenvalue weighted by atomic mass is 10.0. The van der Waals surface area contributed by atoms with Gasteiger partial charge in [0.25, 0.3) is 5.56 Å². The Hall–Kier alpha value is -2.64. The monoisotopic (exact) mass is 455 g/mol. The van der Waals surface area contributed by atoms with Crippen LogP contribution < -0.4 is 10.5 Å². The van der Waals surface area contributed by atoms with Gasteiger partial charge in [0.05, 0.1) is 24.1 Å². The Kier molecular flexibility index (Phi) is 7.27. The number of aromatic nitrogens is 2. The van der Waals surface area contributed by atoms with Crippen LogP contribution in [0.25, 0.3) is 5.69 Å². The molecule has 2 aliphatic rings. The second-order valence-corrected chi connectivity index (χ2v) is 8.62. The molecule has 7 nitrogen and oxygen atoms in total. The first-order valence-electron chi connectivity index (χ1n) is 11.4. The first-order valence-corrected chi connectivity index (χ1v) is 11.8. The minimum Gasteiger partial charge on any atom is -0.366 e. The van der Waals surface area contributed by atoms with E-state index in [9.17, 15) is 9.59 Å². The van der Waals surface area contributed by atoms with Crippen LogP contribution in [0.3, 0.4) is 0 Å². The Bertz CT molecular complexity index is 1030. The van der Waals surface area contributed by atoms with E-state index >= 15 is 0 Å². The van der Waals surface area contributed by atoms with Crippen molar-refractivity contribution in [2.24, 2.45) is 0 Å². The van der Waals surface area contributed by atoms with E-state index in [0.717, 1.165) is 32.4 Å². The van der Waals surface area contributed by atoms with E-state index in [0.29, 0.717) is 37.6 Å². The fraction of sp³-hybridized carbons (Fsp3) is 0.458. The van der Waals surface area contributed by atoms with Gasteiger partial charge in [0, 0.05) is 38.4 Å². The van der Waals surface area contributed by atoms with Crippen molar-refractivity contribution in [2.75, 3.05) is 44.2 Å². The summed E-state index contributed by atoms with van der Waals surface area (Å²) in [4.78, 5) is 31.9. The quantitative estimate of drug-likeness (QED) is 0.668. The van der Waals surface area contributed by atoms with Crippen molar-refractivity contribution < 1.29 is 4.79 Å². The van der Waals surface area contributed by atoms with Crippen LogP contribution in [-0.4, -0.2) is 64.8 Å². The third kappa shape index (κ3) is 4.89. The molecule has 2 aromatic rings. The molecule has 1 aromatic carbocycles. The molecule has 0 atom stereocenters. The van der Waals surface area contributed by atoms with Gasteiger partial charge in [-0.1, -0.05) is 35.9 Å². The normalized spacial score (nSPS) is 17.2. The largest absolute Gasteiger partial charge is 0.366 e. The van der Waals surface area contributed by atoms with Crippen molar-refractivity contribution in [3.63, 3.8) is 0 Å². The number of piperazine rings is 1. The number of benzene rings is 1. The van der Waals surface area contributed by atoms with E-state index < -0.39 is 0 Å². The number of hydrogen-bond donors (Lipinski definition) is 0. The Morgan fingerprint density at radius 2 is 1.88 bits per heavy atom. The molecule has 1 aliphatic carbocycles. The molecule has 1 aliphatic heterocycles. The van der Waals surface area contributed by atoms with E-state index in [1.54, 1.807) is 6.20 Å². The van der Waals surface area contributed by atoms with E-state index in [1.165, 1.54) is 16.8 Å². The van der Waals surface area contributed by atoms with Gasteiger partial charge < -0.3 is 9.80 Å². The summed E-state index contributed by atoms with van der Waals surface area (Å²) in [6, 6.07) is 9.25. The number of nitrogens with zero attached hydrogens (tertiary/aromatic N) is 5. The summed E-state index contributed by atoms with van der Waals surface area (Å²) in [6.07, 6.45) is 8.31. The fourth-order valence-corrected chi connectivity index (χ4v) is 4.68. The van der Waals surface area contributed by atoms with Crippen LogP contribution in [0.5, 0.6) is 0 Å². The number of carbonyl (C=O) groups excluding carboxylic acids is 1. The molecule has 0 unspecified atom stereocenters. The minimum atomic E-state index is -0.327. The third-order valence-electron chi connectivity index (χ3n) is 6.20. The molecule has 2 heterocycles. The second kappa shape index (κ2) is 10.3. The van der Waals surface area contributed by atoms with Gasteiger partial charge in [0.1, 0.15) is 5.02 Å². The maximum Gasteiger partial charge on any atom is 0.292 e. The lowest BCUT2D eigenvalue weighted by Crippen LogP contribution is -2.50. The summed E-state index contributed by atoms with van der Waals surface area (Å²) in [6.45, 7) is 6.03. The summed E-state index contributed by atoms with van der Waals surface area (Å²) >= 11 is 6.45. The molecule has 0 radical (unpaired) electrons. The highest BCUT2D eigenvalue weighted by molar-refractivity contribution is 6.33. The molecule has 4 rings (SSSR count). The zero-order chi connectivity index (χ0) is 22.5. The van der Waals surface area contributed by atoms with E-state index in [4.69, 9.17) is 11.6 Å². The number of likely N-dealkylation sites (N-methyl/N-ethyl adjacent to an activating group) is 1. The molecule has 0 bridgehead atoms. The van der Waals surface area contributed by atoms with Crippen LogP contribution in [0.4, 0.5) is 5.69 Å². The number of rotatable bonds is 6. The SMILES string of the molecule is CCN(C(=O)CN1CCN(c2cnn(-c3ccccc3)c(=O)c2Cl)CC1)C1=CCCCC1. The molecular weight excluding hydrogens is 426 g/mol. The van der Waals surface area contributed by atoms with Crippen LogP contribution in [0.2, 0.25) is 5.02 Å². The van der Waals surface area contributed by atoms with Gasteiger partial charge in [-0.25, -0.2) is 0 Å². The Balaban J connectivity index is 1.38. The minimum absolute atomic E-state index is 0.166. The second-order valence-electron chi connectivity index (χ2n) is 8.24. The number of allylic oxidation sites excluding steroid dienone is 2. The summed E-state index contributed by atoms with van der Waals surface area (Å²) < 4.78 is 1.32. The predicted octanol–water partition coefficient (Wildman–Crippen LogP) is 3.31. The standard InChI is InChI=1S/C24H30ClN5O2/c1-2-29(19-9-5-3-6-10-19)22(31)18-27-13-15-28(16-14-27)21-17-26-30(24(32)23(21)25)20-11-7-4-8-12-20/h4,7-9,11-12,17H,2-3,5-6,10,13-16,18H2,1H3. The van der Waals surface area contributed by atoms with E-state index in [2.05, 4.69) is 21.0 Å². The van der Waals surface area contributed by atoms with Gasteiger partial charge in [-0.2, -0.15) is 9.78 Å². The molecule has 1 saturated heterocycles. The number of hydrogen-bond acceptors (Lipinski definition) is 5. The van der Waals surface area contributed by atoms with Crippen LogP contribution in [0.1, 0.15) is 32.6 Å². The first kappa shape index (κ1) is 22.6. The zero-order valence-corrected chi connectivity index (χ0v) is 19.3. The van der Waals surface area contributed by atoms with Crippen molar-refractivity contribution in [1.29, 1.82) is 0 Å². The topological polar surface area (TPSA) is 61.7 Å². The number of para-hydroxylation sites is 1. The molecule has 1 aromatic heterocycles. The maximum absolute atomic E-state index is 12.9. The Morgan fingerprint density at radius 3 is 2.53 bits per heavy atom. The van der Waals surface area contributed by atoms with Crippen LogP contribution in [-0.2, 0) is 4.79 Å². The summed E-state index contributed by atoms with van der Waals surface area (Å²) in [7, 11) is 0. The zero-order valence-electron chi connectivity index (χ0n) is 18.5. The first-order chi connectivity index (χ1) is 15.6. The predicted molar refractivity (Wildman–Crippen MR) is 127 cm³/mol. The van der Waals surface area contributed by atoms with Crippen molar-refractivity contribution in [1.82, 2.24) is 19.6 Å². The summed E-state index contributed by atoms with van der Waals surface area (Å²) in [5, 5.41) is 4.51.